The maximum Gasteiger partial charge on any atom is 0.126 e. The molecule has 0 fully saturated rings. The Labute approximate surface area is 102 Å². The van der Waals surface area contributed by atoms with E-state index >= 15 is 0 Å². The van der Waals surface area contributed by atoms with Gasteiger partial charge in [0.2, 0.25) is 0 Å². The van der Waals surface area contributed by atoms with E-state index in [0.717, 1.165) is 10.3 Å². The number of anilines is 1. The molecule has 0 aliphatic carbocycles. The number of aromatic nitrogens is 1. The number of rotatable bonds is 4. The van der Waals surface area contributed by atoms with Crippen molar-refractivity contribution in [3.8, 4) is 0 Å². The van der Waals surface area contributed by atoms with Gasteiger partial charge in [-0.3, -0.25) is 0 Å². The van der Waals surface area contributed by atoms with Crippen LogP contribution < -0.4 is 5.32 Å². The largest absolute Gasteiger partial charge is 0.363 e. The first-order chi connectivity index (χ1) is 6.59. The topological polar surface area (TPSA) is 24.9 Å². The zero-order chi connectivity index (χ0) is 10.6. The Balaban J connectivity index is 2.72. The zero-order valence-electron chi connectivity index (χ0n) is 7.73. The summed E-state index contributed by atoms with van der Waals surface area (Å²) in [7, 11) is 0. The Morgan fingerprint density at radius 1 is 1.43 bits per heavy atom. The van der Waals surface area contributed by atoms with E-state index in [1.165, 1.54) is 0 Å². The molecule has 0 spiro atoms. The quantitative estimate of drug-likeness (QED) is 0.861. The molecule has 0 aliphatic heterocycles. The van der Waals surface area contributed by atoms with Gasteiger partial charge >= 0.3 is 0 Å². The maximum atomic E-state index is 5.81. The van der Waals surface area contributed by atoms with E-state index in [-0.39, 0.29) is 5.54 Å². The van der Waals surface area contributed by atoms with Crippen molar-refractivity contribution in [2.24, 2.45) is 0 Å². The molecule has 1 aromatic rings. The van der Waals surface area contributed by atoms with E-state index in [1.807, 2.05) is 19.1 Å². The van der Waals surface area contributed by atoms with Crippen LogP contribution in [0.2, 0.25) is 0 Å². The van der Waals surface area contributed by atoms with Gasteiger partial charge in [0.1, 0.15) is 5.82 Å². The summed E-state index contributed by atoms with van der Waals surface area (Å²) in [6.45, 7) is 1.96. The number of hydrogen-bond acceptors (Lipinski definition) is 2. The third kappa shape index (κ3) is 3.30. The minimum absolute atomic E-state index is 0.316. The molecular formula is C9H11BrCl2N2. The van der Waals surface area contributed by atoms with Crippen LogP contribution in [-0.2, 0) is 0 Å². The third-order valence-corrected chi connectivity index (χ3v) is 3.40. The van der Waals surface area contributed by atoms with Gasteiger partial charge in [0.25, 0.3) is 0 Å². The highest BCUT2D eigenvalue weighted by Gasteiger charge is 2.21. The number of halogens is 3. The molecule has 0 radical (unpaired) electrons. The van der Waals surface area contributed by atoms with Crippen LogP contribution >= 0.6 is 39.1 Å². The second-order valence-electron chi connectivity index (χ2n) is 3.31. The first kappa shape index (κ1) is 12.1. The van der Waals surface area contributed by atoms with E-state index in [4.69, 9.17) is 23.2 Å². The molecule has 1 rings (SSSR count). The van der Waals surface area contributed by atoms with Gasteiger partial charge in [-0.05, 0) is 35.0 Å². The van der Waals surface area contributed by atoms with Crippen LogP contribution in [0.15, 0.2) is 22.8 Å². The lowest BCUT2D eigenvalue weighted by Gasteiger charge is -2.26. The van der Waals surface area contributed by atoms with E-state index in [2.05, 4.69) is 26.2 Å². The molecule has 14 heavy (non-hydrogen) atoms. The third-order valence-electron chi connectivity index (χ3n) is 1.75. The van der Waals surface area contributed by atoms with Crippen molar-refractivity contribution < 1.29 is 0 Å². The smallest absolute Gasteiger partial charge is 0.126 e. The molecule has 0 aliphatic rings. The minimum atomic E-state index is -0.316. The summed E-state index contributed by atoms with van der Waals surface area (Å²) in [6.07, 6.45) is 1.73. The van der Waals surface area contributed by atoms with E-state index in [9.17, 15) is 0 Å². The lowest BCUT2D eigenvalue weighted by molar-refractivity contribution is 0.645. The van der Waals surface area contributed by atoms with Crippen molar-refractivity contribution in [1.82, 2.24) is 4.98 Å². The average molecular weight is 298 g/mol. The van der Waals surface area contributed by atoms with E-state index in [1.54, 1.807) is 6.20 Å². The summed E-state index contributed by atoms with van der Waals surface area (Å²) < 4.78 is 0.946. The first-order valence-corrected chi connectivity index (χ1v) is 5.97. The molecule has 1 aromatic heterocycles. The molecule has 0 amide bonds. The minimum Gasteiger partial charge on any atom is -0.363 e. The Morgan fingerprint density at radius 2 is 2.07 bits per heavy atom. The van der Waals surface area contributed by atoms with Crippen molar-refractivity contribution in [2.75, 3.05) is 17.1 Å². The molecule has 0 aromatic carbocycles. The van der Waals surface area contributed by atoms with Crippen LogP contribution in [0.5, 0.6) is 0 Å². The van der Waals surface area contributed by atoms with Crippen molar-refractivity contribution >= 4 is 44.9 Å². The lowest BCUT2D eigenvalue weighted by atomic mass is 10.1. The number of pyridine rings is 1. The monoisotopic (exact) mass is 296 g/mol. The molecular weight excluding hydrogens is 287 g/mol. The standard InChI is InChI=1S/C9H11BrCl2N2/c1-9(5-11,6-12)14-8-3-2-7(10)4-13-8/h2-4H,5-6H2,1H3,(H,13,14). The Kier molecular flexibility index (Phi) is 4.48. The predicted molar refractivity (Wildman–Crippen MR) is 65.4 cm³/mol. The van der Waals surface area contributed by atoms with Gasteiger partial charge in [-0.15, -0.1) is 23.2 Å². The number of nitrogens with one attached hydrogen (secondary N) is 1. The maximum absolute atomic E-state index is 5.81. The molecule has 0 unspecified atom stereocenters. The summed E-state index contributed by atoms with van der Waals surface area (Å²) in [5.74, 6) is 1.65. The summed E-state index contributed by atoms with van der Waals surface area (Å²) in [6, 6.07) is 3.79. The van der Waals surface area contributed by atoms with Crippen molar-refractivity contribution in [1.29, 1.82) is 0 Å². The van der Waals surface area contributed by atoms with Crippen LogP contribution in [-0.4, -0.2) is 22.3 Å². The lowest BCUT2D eigenvalue weighted by Crippen LogP contribution is -2.39. The molecule has 0 bridgehead atoms. The number of nitrogens with zero attached hydrogens (tertiary/aromatic N) is 1. The highest BCUT2D eigenvalue weighted by atomic mass is 79.9. The summed E-state index contributed by atoms with van der Waals surface area (Å²) in [5.41, 5.74) is -0.316. The summed E-state index contributed by atoms with van der Waals surface area (Å²) >= 11 is 14.9. The van der Waals surface area contributed by atoms with Gasteiger partial charge in [-0.2, -0.15) is 0 Å². The predicted octanol–water partition coefficient (Wildman–Crippen LogP) is 3.49. The molecule has 2 nitrogen and oxygen atoms in total. The van der Waals surface area contributed by atoms with Gasteiger partial charge in [-0.25, -0.2) is 4.98 Å². The Bertz CT molecular complexity index is 285. The van der Waals surface area contributed by atoms with E-state index in [0.29, 0.717) is 11.8 Å². The second kappa shape index (κ2) is 5.19. The molecule has 1 heterocycles. The molecule has 1 N–H and O–H groups in total. The molecule has 0 atom stereocenters. The van der Waals surface area contributed by atoms with Gasteiger partial charge in [-0.1, -0.05) is 0 Å². The normalized spacial score (nSPS) is 11.4. The first-order valence-electron chi connectivity index (χ1n) is 4.11. The Morgan fingerprint density at radius 3 is 2.50 bits per heavy atom. The number of hydrogen-bond donors (Lipinski definition) is 1. The zero-order valence-corrected chi connectivity index (χ0v) is 10.8. The number of alkyl halides is 2. The SMILES string of the molecule is CC(CCl)(CCl)Nc1ccc(Br)cn1. The van der Waals surface area contributed by atoms with Crippen molar-refractivity contribution in [3.63, 3.8) is 0 Å². The Hall–Kier alpha value is 0.01000. The van der Waals surface area contributed by atoms with Crippen molar-refractivity contribution in [2.45, 2.75) is 12.5 Å². The van der Waals surface area contributed by atoms with Crippen LogP contribution in [0.4, 0.5) is 5.82 Å². The molecule has 0 saturated carbocycles. The fraction of sp³-hybridized carbons (Fsp3) is 0.444. The van der Waals surface area contributed by atoms with E-state index < -0.39 is 0 Å². The van der Waals surface area contributed by atoms with Gasteiger partial charge in [0.05, 0.1) is 5.54 Å². The van der Waals surface area contributed by atoms with Crippen LogP contribution in [0.1, 0.15) is 6.92 Å². The van der Waals surface area contributed by atoms with Crippen LogP contribution in [0, 0.1) is 0 Å². The second-order valence-corrected chi connectivity index (χ2v) is 4.76. The van der Waals surface area contributed by atoms with Crippen molar-refractivity contribution in [3.05, 3.63) is 22.8 Å². The van der Waals surface area contributed by atoms with Gasteiger partial charge in [0, 0.05) is 22.4 Å². The van der Waals surface area contributed by atoms with Gasteiger partial charge < -0.3 is 5.32 Å². The van der Waals surface area contributed by atoms with Crippen LogP contribution in [0.25, 0.3) is 0 Å². The van der Waals surface area contributed by atoms with Crippen LogP contribution in [0.3, 0.4) is 0 Å². The van der Waals surface area contributed by atoms with Gasteiger partial charge in [0.15, 0.2) is 0 Å². The molecule has 5 heteroatoms. The molecule has 78 valence electrons. The highest BCUT2D eigenvalue weighted by Crippen LogP contribution is 2.18. The fourth-order valence-corrected chi connectivity index (χ4v) is 1.52. The summed E-state index contributed by atoms with van der Waals surface area (Å²) in [5, 5.41) is 3.19. The average Bonchev–Trinajstić information content (AvgIpc) is 2.21. The molecule has 0 saturated heterocycles. The summed E-state index contributed by atoms with van der Waals surface area (Å²) in [4.78, 5) is 4.18. The highest BCUT2D eigenvalue weighted by molar-refractivity contribution is 9.10. The fourth-order valence-electron chi connectivity index (χ4n) is 0.861.